The van der Waals surface area contributed by atoms with Gasteiger partial charge in [0, 0.05) is 16.4 Å². The predicted molar refractivity (Wildman–Crippen MR) is 115 cm³/mol. The molecule has 2 heterocycles. The molecule has 5 heteroatoms. The fourth-order valence-corrected chi connectivity index (χ4v) is 5.26. The summed E-state index contributed by atoms with van der Waals surface area (Å²) >= 11 is 1.66. The van der Waals surface area contributed by atoms with E-state index in [1.54, 1.807) is 15.9 Å². The highest BCUT2D eigenvalue weighted by atomic mass is 32.1. The summed E-state index contributed by atoms with van der Waals surface area (Å²) in [6, 6.07) is 5.73. The van der Waals surface area contributed by atoms with Crippen LogP contribution in [-0.2, 0) is 19.4 Å². The van der Waals surface area contributed by atoms with Crippen LogP contribution in [0, 0.1) is 13.8 Å². The first kappa shape index (κ1) is 19.1. The van der Waals surface area contributed by atoms with Crippen molar-refractivity contribution in [1.29, 1.82) is 0 Å². The summed E-state index contributed by atoms with van der Waals surface area (Å²) in [5.41, 5.74) is 4.02. The highest BCUT2D eigenvalue weighted by Crippen LogP contribution is 2.34. The van der Waals surface area contributed by atoms with Gasteiger partial charge < -0.3 is 0 Å². The van der Waals surface area contributed by atoms with Gasteiger partial charge in [0.2, 0.25) is 0 Å². The molecule has 0 amide bonds. The second-order valence-electron chi connectivity index (χ2n) is 8.13. The molecule has 0 radical (unpaired) electrons. The lowest BCUT2D eigenvalue weighted by Gasteiger charge is -2.15. The van der Waals surface area contributed by atoms with E-state index in [2.05, 4.69) is 0 Å². The molecule has 1 aromatic carbocycles. The van der Waals surface area contributed by atoms with E-state index in [0.29, 0.717) is 11.4 Å². The summed E-state index contributed by atoms with van der Waals surface area (Å²) < 4.78 is 1.62. The summed E-state index contributed by atoms with van der Waals surface area (Å²) in [4.78, 5) is 33.4. The molecular formula is C23H26N2O2S. The Morgan fingerprint density at radius 2 is 1.93 bits per heavy atom. The number of nitrogens with zero attached hydrogens (tertiary/aromatic N) is 2. The van der Waals surface area contributed by atoms with Crippen LogP contribution in [0.25, 0.3) is 10.2 Å². The average Bonchev–Trinajstić information content (AvgIpc) is 3.04. The number of thiophene rings is 1. The molecule has 0 spiro atoms. The van der Waals surface area contributed by atoms with Gasteiger partial charge >= 0.3 is 0 Å². The lowest BCUT2D eigenvalue weighted by atomic mass is 9.97. The molecule has 146 valence electrons. The van der Waals surface area contributed by atoms with Crippen molar-refractivity contribution in [3.8, 4) is 0 Å². The fourth-order valence-electron chi connectivity index (χ4n) is 4.00. The van der Waals surface area contributed by atoms with E-state index in [1.807, 2.05) is 45.9 Å². The monoisotopic (exact) mass is 394 g/mol. The summed E-state index contributed by atoms with van der Waals surface area (Å²) in [5, 5.41) is 0.747. The molecule has 28 heavy (non-hydrogen) atoms. The molecule has 0 atom stereocenters. The molecule has 4 rings (SSSR count). The van der Waals surface area contributed by atoms with Gasteiger partial charge in [0.1, 0.15) is 10.7 Å². The molecule has 0 saturated heterocycles. The molecule has 1 aliphatic rings. The molecule has 0 fully saturated rings. The molecule has 4 nitrogen and oxygen atoms in total. The Labute approximate surface area is 169 Å². The Morgan fingerprint density at radius 3 is 2.64 bits per heavy atom. The normalized spacial score (nSPS) is 13.9. The van der Waals surface area contributed by atoms with Crippen LogP contribution in [0.15, 0.2) is 23.0 Å². The van der Waals surface area contributed by atoms with Crippen molar-refractivity contribution in [2.75, 3.05) is 0 Å². The number of hydrogen-bond donors (Lipinski definition) is 0. The second kappa shape index (κ2) is 7.28. The minimum Gasteiger partial charge on any atom is -0.292 e. The summed E-state index contributed by atoms with van der Waals surface area (Å²) in [6.07, 6.45) is 4.27. The van der Waals surface area contributed by atoms with Crippen LogP contribution in [-0.4, -0.2) is 15.3 Å². The minimum atomic E-state index is -0.0507. The Balaban J connectivity index is 1.83. The third kappa shape index (κ3) is 3.22. The van der Waals surface area contributed by atoms with Gasteiger partial charge in [-0.2, -0.15) is 0 Å². The van der Waals surface area contributed by atoms with E-state index in [9.17, 15) is 9.59 Å². The largest absolute Gasteiger partial charge is 0.292 e. The van der Waals surface area contributed by atoms with Crippen LogP contribution < -0.4 is 5.56 Å². The average molecular weight is 395 g/mol. The van der Waals surface area contributed by atoms with Gasteiger partial charge in [0.15, 0.2) is 5.78 Å². The number of fused-ring (bicyclic) bond motifs is 3. The minimum absolute atomic E-state index is 0.0441. The lowest BCUT2D eigenvalue weighted by Crippen LogP contribution is -2.29. The third-order valence-corrected chi connectivity index (χ3v) is 6.94. The smallest absolute Gasteiger partial charge is 0.262 e. The van der Waals surface area contributed by atoms with Crippen LogP contribution in [0.4, 0.5) is 0 Å². The molecular weight excluding hydrogens is 368 g/mol. The quantitative estimate of drug-likeness (QED) is 0.588. The Bertz CT molecular complexity index is 1140. The molecule has 0 aliphatic heterocycles. The van der Waals surface area contributed by atoms with Gasteiger partial charge in [0.05, 0.1) is 11.9 Å². The number of carbonyl (C=O) groups is 1. The van der Waals surface area contributed by atoms with Gasteiger partial charge in [0.25, 0.3) is 5.56 Å². The molecule has 0 bridgehead atoms. The number of hydrogen-bond acceptors (Lipinski definition) is 4. The number of rotatable bonds is 4. The summed E-state index contributed by atoms with van der Waals surface area (Å²) in [6.45, 7) is 8.13. The van der Waals surface area contributed by atoms with E-state index in [1.165, 1.54) is 16.9 Å². The van der Waals surface area contributed by atoms with Crippen LogP contribution >= 0.6 is 11.3 Å². The van der Waals surface area contributed by atoms with Crippen molar-refractivity contribution >= 4 is 27.3 Å². The highest BCUT2D eigenvalue weighted by Gasteiger charge is 2.24. The van der Waals surface area contributed by atoms with Crippen LogP contribution in [0.5, 0.6) is 0 Å². The standard InChI is InChI=1S/C23H26N2O2S/c1-13(2)21-24-22-20(17-7-5-6-8-19(17)28-22)23(27)25(21)12-18(26)16-10-9-14(3)15(4)11-16/h9-11,13H,5-8,12H2,1-4H3. The molecule has 0 N–H and O–H groups in total. The lowest BCUT2D eigenvalue weighted by molar-refractivity contribution is 0.0969. The van der Waals surface area contributed by atoms with Gasteiger partial charge in [-0.3, -0.25) is 14.2 Å². The maximum absolute atomic E-state index is 13.5. The molecule has 0 unspecified atom stereocenters. The maximum Gasteiger partial charge on any atom is 0.262 e. The van der Waals surface area contributed by atoms with E-state index >= 15 is 0 Å². The van der Waals surface area contributed by atoms with Crippen molar-refractivity contribution in [3.63, 3.8) is 0 Å². The highest BCUT2D eigenvalue weighted by molar-refractivity contribution is 7.18. The zero-order valence-corrected chi connectivity index (χ0v) is 17.8. The Hall–Kier alpha value is -2.27. The first-order valence-electron chi connectivity index (χ1n) is 10.0. The molecule has 1 aliphatic carbocycles. The zero-order chi connectivity index (χ0) is 20.0. The molecule has 2 aromatic heterocycles. The van der Waals surface area contributed by atoms with Crippen LogP contribution in [0.1, 0.15) is 70.4 Å². The molecule has 0 saturated carbocycles. The number of Topliss-reactive ketones (excluding diaryl/α,β-unsaturated/α-hetero) is 1. The Kier molecular flexibility index (Phi) is 4.96. The van der Waals surface area contributed by atoms with E-state index in [-0.39, 0.29) is 23.8 Å². The fraction of sp³-hybridized carbons (Fsp3) is 0.435. The van der Waals surface area contributed by atoms with Crippen molar-refractivity contribution in [2.45, 2.75) is 65.8 Å². The zero-order valence-electron chi connectivity index (χ0n) is 17.0. The summed E-state index contributed by atoms with van der Waals surface area (Å²) in [5.74, 6) is 0.731. The first-order valence-corrected chi connectivity index (χ1v) is 10.8. The van der Waals surface area contributed by atoms with E-state index in [4.69, 9.17) is 4.98 Å². The van der Waals surface area contributed by atoms with E-state index < -0.39 is 0 Å². The maximum atomic E-state index is 13.5. The van der Waals surface area contributed by atoms with Crippen molar-refractivity contribution in [1.82, 2.24) is 9.55 Å². The van der Waals surface area contributed by atoms with Crippen molar-refractivity contribution in [3.05, 3.63) is 61.5 Å². The van der Waals surface area contributed by atoms with Crippen LogP contribution in [0.2, 0.25) is 0 Å². The van der Waals surface area contributed by atoms with Gasteiger partial charge in [-0.05, 0) is 62.3 Å². The van der Waals surface area contributed by atoms with Crippen molar-refractivity contribution < 1.29 is 4.79 Å². The number of benzene rings is 1. The number of aryl methyl sites for hydroxylation is 4. The number of ketones is 1. The second-order valence-corrected chi connectivity index (χ2v) is 9.21. The number of aromatic nitrogens is 2. The van der Waals surface area contributed by atoms with Crippen molar-refractivity contribution in [2.24, 2.45) is 0 Å². The van der Waals surface area contributed by atoms with Gasteiger partial charge in [-0.1, -0.05) is 26.0 Å². The molecule has 3 aromatic rings. The van der Waals surface area contributed by atoms with Gasteiger partial charge in [-0.25, -0.2) is 4.98 Å². The topological polar surface area (TPSA) is 52.0 Å². The predicted octanol–water partition coefficient (Wildman–Crippen LogP) is 4.96. The number of carbonyl (C=O) groups excluding carboxylic acids is 1. The first-order chi connectivity index (χ1) is 13.4. The van der Waals surface area contributed by atoms with Crippen LogP contribution in [0.3, 0.4) is 0 Å². The summed E-state index contributed by atoms with van der Waals surface area (Å²) in [7, 11) is 0. The van der Waals surface area contributed by atoms with Gasteiger partial charge in [-0.15, -0.1) is 11.3 Å². The SMILES string of the molecule is Cc1ccc(C(=O)Cn2c(C(C)C)nc3sc4c(c3c2=O)CCCC4)cc1C. The third-order valence-electron chi connectivity index (χ3n) is 5.75. The Morgan fingerprint density at radius 1 is 1.18 bits per heavy atom. The van der Waals surface area contributed by atoms with E-state index in [0.717, 1.165) is 40.6 Å².